The molecular weight excluding hydrogens is 230 g/mol. The maximum Gasteiger partial charge on any atom is 0.118 e. The van der Waals surface area contributed by atoms with Gasteiger partial charge in [0.25, 0.3) is 0 Å². The fraction of sp³-hybridized carbons (Fsp3) is 0.571. The zero-order valence-corrected chi connectivity index (χ0v) is 11.2. The minimum atomic E-state index is 0.508. The fourth-order valence-electron chi connectivity index (χ4n) is 2.53. The van der Waals surface area contributed by atoms with E-state index in [4.69, 9.17) is 10.5 Å². The molecule has 1 aromatic carbocycles. The average Bonchev–Trinajstić information content (AvgIpc) is 2.42. The molecule has 2 atom stereocenters. The summed E-state index contributed by atoms with van der Waals surface area (Å²) < 4.78 is 5.19. The molecule has 0 saturated carbocycles. The lowest BCUT2D eigenvalue weighted by atomic mass is 9.84. The van der Waals surface area contributed by atoms with E-state index in [9.17, 15) is 0 Å². The first kappa shape index (κ1) is 12.8. The number of ether oxygens (including phenoxy) is 1. The molecule has 0 bridgehead atoms. The number of rotatable bonds is 4. The third-order valence-electron chi connectivity index (χ3n) is 3.56. The second kappa shape index (κ2) is 6.31. The van der Waals surface area contributed by atoms with E-state index in [0.717, 1.165) is 18.2 Å². The number of thioether (sulfide) groups is 1. The molecule has 17 heavy (non-hydrogen) atoms. The van der Waals surface area contributed by atoms with Gasteiger partial charge in [-0.1, -0.05) is 12.1 Å². The Kier molecular flexibility index (Phi) is 4.75. The van der Waals surface area contributed by atoms with Crippen LogP contribution in [0.15, 0.2) is 24.3 Å². The molecule has 3 heteroatoms. The zero-order chi connectivity index (χ0) is 12.1. The van der Waals surface area contributed by atoms with E-state index in [0.29, 0.717) is 5.92 Å². The highest BCUT2D eigenvalue weighted by atomic mass is 32.2. The van der Waals surface area contributed by atoms with Gasteiger partial charge < -0.3 is 10.5 Å². The van der Waals surface area contributed by atoms with Crippen molar-refractivity contribution in [2.75, 3.05) is 25.2 Å². The summed E-state index contributed by atoms with van der Waals surface area (Å²) in [5.41, 5.74) is 7.33. The summed E-state index contributed by atoms with van der Waals surface area (Å²) in [6.45, 7) is 0.748. The molecule has 0 aromatic heterocycles. The second-order valence-corrected chi connectivity index (χ2v) is 5.74. The summed E-state index contributed by atoms with van der Waals surface area (Å²) in [6.07, 6.45) is 2.66. The predicted molar refractivity (Wildman–Crippen MR) is 74.8 cm³/mol. The van der Waals surface area contributed by atoms with Crippen LogP contribution in [0.2, 0.25) is 0 Å². The van der Waals surface area contributed by atoms with Crippen molar-refractivity contribution in [3.8, 4) is 5.75 Å². The van der Waals surface area contributed by atoms with Crippen LogP contribution >= 0.6 is 11.8 Å². The molecule has 2 N–H and O–H groups in total. The molecule has 0 aliphatic carbocycles. The zero-order valence-electron chi connectivity index (χ0n) is 10.4. The molecule has 94 valence electrons. The van der Waals surface area contributed by atoms with E-state index < -0.39 is 0 Å². The minimum Gasteiger partial charge on any atom is -0.497 e. The van der Waals surface area contributed by atoms with Crippen LogP contribution in [0.1, 0.15) is 24.3 Å². The first-order valence-electron chi connectivity index (χ1n) is 6.27. The van der Waals surface area contributed by atoms with E-state index in [2.05, 4.69) is 23.9 Å². The summed E-state index contributed by atoms with van der Waals surface area (Å²) in [4.78, 5) is 0. The van der Waals surface area contributed by atoms with Crippen molar-refractivity contribution in [3.63, 3.8) is 0 Å². The maximum absolute atomic E-state index is 5.97. The van der Waals surface area contributed by atoms with Gasteiger partial charge in [-0.3, -0.25) is 0 Å². The highest BCUT2D eigenvalue weighted by Gasteiger charge is 2.24. The number of hydrogen-bond donors (Lipinski definition) is 1. The number of hydrogen-bond acceptors (Lipinski definition) is 3. The summed E-state index contributed by atoms with van der Waals surface area (Å²) in [5.74, 6) is 4.74. The number of methoxy groups -OCH3 is 1. The van der Waals surface area contributed by atoms with E-state index in [-0.39, 0.29) is 0 Å². The predicted octanol–water partition coefficient (Wildman–Crippen LogP) is 2.88. The Morgan fingerprint density at radius 2 is 2.18 bits per heavy atom. The molecule has 1 heterocycles. The third-order valence-corrected chi connectivity index (χ3v) is 4.80. The SMILES string of the molecule is COc1ccc(C(CN)C2CCCSC2)cc1. The van der Waals surface area contributed by atoms with Gasteiger partial charge in [-0.2, -0.15) is 11.8 Å². The summed E-state index contributed by atoms with van der Waals surface area (Å²) in [5, 5.41) is 0. The summed E-state index contributed by atoms with van der Waals surface area (Å²) in [7, 11) is 1.70. The van der Waals surface area contributed by atoms with Gasteiger partial charge in [0.1, 0.15) is 5.75 Å². The Bertz CT molecular complexity index is 333. The lowest BCUT2D eigenvalue weighted by molar-refractivity contribution is 0.412. The third kappa shape index (κ3) is 3.17. The Balaban J connectivity index is 2.10. The quantitative estimate of drug-likeness (QED) is 0.893. The highest BCUT2D eigenvalue weighted by Crippen LogP contribution is 2.34. The van der Waals surface area contributed by atoms with Crippen molar-refractivity contribution in [1.82, 2.24) is 0 Å². The van der Waals surface area contributed by atoms with Crippen molar-refractivity contribution in [2.45, 2.75) is 18.8 Å². The second-order valence-electron chi connectivity index (χ2n) is 4.59. The Hall–Kier alpha value is -0.670. The van der Waals surface area contributed by atoms with Gasteiger partial charge >= 0.3 is 0 Å². The van der Waals surface area contributed by atoms with Gasteiger partial charge in [-0.15, -0.1) is 0 Å². The molecule has 0 amide bonds. The fourth-order valence-corrected chi connectivity index (χ4v) is 3.77. The molecule has 1 aliphatic heterocycles. The molecule has 0 radical (unpaired) electrons. The van der Waals surface area contributed by atoms with Crippen molar-refractivity contribution >= 4 is 11.8 Å². The molecule has 1 aliphatic rings. The lowest BCUT2D eigenvalue weighted by Crippen LogP contribution is -2.25. The first-order valence-corrected chi connectivity index (χ1v) is 7.42. The van der Waals surface area contributed by atoms with Gasteiger partial charge in [-0.25, -0.2) is 0 Å². The van der Waals surface area contributed by atoms with Crippen LogP contribution in [0.5, 0.6) is 5.75 Å². The first-order chi connectivity index (χ1) is 8.35. The van der Waals surface area contributed by atoms with Crippen LogP contribution in [-0.2, 0) is 0 Å². The lowest BCUT2D eigenvalue weighted by Gasteiger charge is -2.29. The van der Waals surface area contributed by atoms with Gasteiger partial charge in [0.2, 0.25) is 0 Å². The van der Waals surface area contributed by atoms with Crippen LogP contribution < -0.4 is 10.5 Å². The van der Waals surface area contributed by atoms with Crippen molar-refractivity contribution in [2.24, 2.45) is 11.7 Å². The molecule has 1 fully saturated rings. The molecular formula is C14H21NOS. The van der Waals surface area contributed by atoms with E-state index >= 15 is 0 Å². The Labute approximate surface area is 108 Å². The number of nitrogens with two attached hydrogens (primary N) is 1. The van der Waals surface area contributed by atoms with Crippen LogP contribution in [0.4, 0.5) is 0 Å². The monoisotopic (exact) mass is 251 g/mol. The van der Waals surface area contributed by atoms with Gasteiger partial charge in [0, 0.05) is 0 Å². The summed E-state index contributed by atoms with van der Waals surface area (Å²) >= 11 is 2.07. The van der Waals surface area contributed by atoms with E-state index in [1.807, 2.05) is 12.1 Å². The average molecular weight is 251 g/mol. The number of benzene rings is 1. The van der Waals surface area contributed by atoms with Crippen molar-refractivity contribution in [1.29, 1.82) is 0 Å². The topological polar surface area (TPSA) is 35.2 Å². The molecule has 2 rings (SSSR count). The minimum absolute atomic E-state index is 0.508. The van der Waals surface area contributed by atoms with Gasteiger partial charge in [-0.05, 0) is 60.4 Å². The van der Waals surface area contributed by atoms with Crippen LogP contribution in [-0.4, -0.2) is 25.2 Å². The highest BCUT2D eigenvalue weighted by molar-refractivity contribution is 7.99. The van der Waals surface area contributed by atoms with Crippen molar-refractivity contribution in [3.05, 3.63) is 29.8 Å². The van der Waals surface area contributed by atoms with Crippen molar-refractivity contribution < 1.29 is 4.74 Å². The molecule has 2 unspecified atom stereocenters. The molecule has 1 saturated heterocycles. The van der Waals surface area contributed by atoms with Gasteiger partial charge in [0.15, 0.2) is 0 Å². The van der Waals surface area contributed by atoms with Crippen LogP contribution in [0, 0.1) is 5.92 Å². The molecule has 1 aromatic rings. The largest absolute Gasteiger partial charge is 0.497 e. The van der Waals surface area contributed by atoms with Crippen LogP contribution in [0.3, 0.4) is 0 Å². The normalized spacial score (nSPS) is 22.1. The Morgan fingerprint density at radius 3 is 2.71 bits per heavy atom. The van der Waals surface area contributed by atoms with E-state index in [1.54, 1.807) is 7.11 Å². The summed E-state index contributed by atoms with van der Waals surface area (Å²) in [6, 6.07) is 8.40. The van der Waals surface area contributed by atoms with E-state index in [1.165, 1.54) is 29.9 Å². The molecule has 0 spiro atoms. The van der Waals surface area contributed by atoms with Crippen LogP contribution in [0.25, 0.3) is 0 Å². The Morgan fingerprint density at radius 1 is 1.41 bits per heavy atom. The molecule has 2 nitrogen and oxygen atoms in total. The standard InChI is InChI=1S/C14H21NOS/c1-16-13-6-4-11(5-7-13)14(9-15)12-3-2-8-17-10-12/h4-7,12,14H,2-3,8-10,15H2,1H3. The smallest absolute Gasteiger partial charge is 0.118 e. The van der Waals surface area contributed by atoms with Gasteiger partial charge in [0.05, 0.1) is 7.11 Å². The maximum atomic E-state index is 5.97.